The third-order valence-corrected chi connectivity index (χ3v) is 5.83. The second-order valence-electron chi connectivity index (χ2n) is 6.88. The molecule has 0 spiro atoms. The van der Waals surface area contributed by atoms with Gasteiger partial charge in [0.2, 0.25) is 0 Å². The first-order chi connectivity index (χ1) is 14.1. The number of thiazole rings is 1. The molecule has 1 aliphatic rings. The molecule has 0 saturated carbocycles. The average Bonchev–Trinajstić information content (AvgIpc) is 3.42. The summed E-state index contributed by atoms with van der Waals surface area (Å²) in [5, 5.41) is 5.56. The number of hydrogen-bond acceptors (Lipinski definition) is 7. The van der Waals surface area contributed by atoms with Gasteiger partial charge < -0.3 is 24.3 Å². The molecule has 1 aromatic carbocycles. The molecule has 1 aliphatic heterocycles. The van der Waals surface area contributed by atoms with Gasteiger partial charge in [-0.1, -0.05) is 0 Å². The minimum absolute atomic E-state index is 0.182. The molecule has 29 heavy (non-hydrogen) atoms. The Balaban J connectivity index is 1.31. The highest BCUT2D eigenvalue weighted by atomic mass is 32.1. The second-order valence-corrected chi connectivity index (χ2v) is 7.72. The van der Waals surface area contributed by atoms with Gasteiger partial charge in [-0.3, -0.25) is 4.79 Å². The zero-order chi connectivity index (χ0) is 20.2. The Morgan fingerprint density at radius 1 is 1.14 bits per heavy atom. The zero-order valence-corrected chi connectivity index (χ0v) is 17.4. The van der Waals surface area contributed by atoms with Crippen LogP contribution in [0.25, 0.3) is 0 Å². The van der Waals surface area contributed by atoms with E-state index in [-0.39, 0.29) is 5.91 Å². The Labute approximate surface area is 173 Å². The molecule has 3 aromatic rings. The van der Waals surface area contributed by atoms with Crippen LogP contribution in [0, 0.1) is 6.92 Å². The van der Waals surface area contributed by atoms with Gasteiger partial charge in [-0.2, -0.15) is 0 Å². The van der Waals surface area contributed by atoms with E-state index in [0.29, 0.717) is 12.2 Å². The number of aryl methyl sites for hydroxylation is 1. The summed E-state index contributed by atoms with van der Waals surface area (Å²) in [6.45, 7) is 5.79. The monoisotopic (exact) mass is 412 g/mol. The third kappa shape index (κ3) is 4.54. The van der Waals surface area contributed by atoms with Crippen molar-refractivity contribution < 1.29 is 13.9 Å². The molecular formula is C21H24N4O3S. The second kappa shape index (κ2) is 8.57. The van der Waals surface area contributed by atoms with E-state index in [0.717, 1.165) is 48.6 Å². The first-order valence-corrected chi connectivity index (χ1v) is 10.4. The van der Waals surface area contributed by atoms with Gasteiger partial charge in [0.05, 0.1) is 13.7 Å². The van der Waals surface area contributed by atoms with Gasteiger partial charge in [0.15, 0.2) is 5.13 Å². The fraction of sp³-hybridized carbons (Fsp3) is 0.333. The number of piperazine rings is 1. The lowest BCUT2D eigenvalue weighted by Crippen LogP contribution is -2.46. The highest BCUT2D eigenvalue weighted by Crippen LogP contribution is 2.25. The van der Waals surface area contributed by atoms with Crippen molar-refractivity contribution in [2.75, 3.05) is 43.1 Å². The lowest BCUT2D eigenvalue weighted by atomic mass is 10.2. The smallest absolute Gasteiger partial charge is 0.271 e. The fourth-order valence-corrected chi connectivity index (χ4v) is 4.16. The number of furan rings is 1. The SMILES string of the molecule is COc1ccc(N2CCN(c3nc(C(=O)NCc4ccc(C)o4)cs3)CC2)cc1. The van der Waals surface area contributed by atoms with Gasteiger partial charge in [0, 0.05) is 37.2 Å². The summed E-state index contributed by atoms with van der Waals surface area (Å²) in [5.41, 5.74) is 1.64. The Kier molecular flexibility index (Phi) is 5.71. The van der Waals surface area contributed by atoms with Gasteiger partial charge in [-0.05, 0) is 43.3 Å². The molecule has 8 heteroatoms. The van der Waals surface area contributed by atoms with Crippen molar-refractivity contribution in [3.8, 4) is 5.75 Å². The van der Waals surface area contributed by atoms with Crippen molar-refractivity contribution in [2.45, 2.75) is 13.5 Å². The molecule has 7 nitrogen and oxygen atoms in total. The lowest BCUT2D eigenvalue weighted by molar-refractivity contribution is 0.0943. The molecule has 0 bridgehead atoms. The summed E-state index contributed by atoms with van der Waals surface area (Å²) >= 11 is 1.51. The van der Waals surface area contributed by atoms with Crippen molar-refractivity contribution in [3.63, 3.8) is 0 Å². The van der Waals surface area contributed by atoms with E-state index in [1.807, 2.05) is 36.6 Å². The van der Waals surface area contributed by atoms with Crippen molar-refractivity contribution in [2.24, 2.45) is 0 Å². The van der Waals surface area contributed by atoms with E-state index in [9.17, 15) is 4.79 Å². The van der Waals surface area contributed by atoms with Crippen LogP contribution in [0.3, 0.4) is 0 Å². The summed E-state index contributed by atoms with van der Waals surface area (Å²) in [7, 11) is 1.67. The van der Waals surface area contributed by atoms with Gasteiger partial charge in [0.25, 0.3) is 5.91 Å². The Bertz CT molecular complexity index is 958. The van der Waals surface area contributed by atoms with E-state index in [1.54, 1.807) is 7.11 Å². The minimum Gasteiger partial charge on any atom is -0.497 e. The number of carbonyl (C=O) groups is 1. The van der Waals surface area contributed by atoms with Crippen LogP contribution in [0.5, 0.6) is 5.75 Å². The fourth-order valence-electron chi connectivity index (χ4n) is 3.30. The largest absolute Gasteiger partial charge is 0.497 e. The maximum atomic E-state index is 12.4. The van der Waals surface area contributed by atoms with E-state index >= 15 is 0 Å². The number of methoxy groups -OCH3 is 1. The van der Waals surface area contributed by atoms with Crippen LogP contribution in [0.15, 0.2) is 46.2 Å². The van der Waals surface area contributed by atoms with E-state index in [1.165, 1.54) is 17.0 Å². The van der Waals surface area contributed by atoms with Crippen LogP contribution in [-0.2, 0) is 6.54 Å². The van der Waals surface area contributed by atoms with Crippen LogP contribution in [0.2, 0.25) is 0 Å². The molecule has 1 N–H and O–H groups in total. The number of amides is 1. The van der Waals surface area contributed by atoms with Gasteiger partial charge in [0.1, 0.15) is 23.0 Å². The van der Waals surface area contributed by atoms with Gasteiger partial charge in [-0.15, -0.1) is 11.3 Å². The molecule has 0 unspecified atom stereocenters. The summed E-state index contributed by atoms with van der Waals surface area (Å²) in [6, 6.07) is 11.9. The summed E-state index contributed by atoms with van der Waals surface area (Å²) in [4.78, 5) is 21.5. The number of hydrogen-bond donors (Lipinski definition) is 1. The number of ether oxygens (including phenoxy) is 1. The molecule has 152 valence electrons. The van der Waals surface area contributed by atoms with E-state index in [4.69, 9.17) is 9.15 Å². The molecular weight excluding hydrogens is 388 g/mol. The molecule has 2 aromatic heterocycles. The first-order valence-electron chi connectivity index (χ1n) is 9.55. The number of carbonyl (C=O) groups excluding carboxylic acids is 1. The third-order valence-electron chi connectivity index (χ3n) is 4.93. The maximum absolute atomic E-state index is 12.4. The predicted molar refractivity (Wildman–Crippen MR) is 114 cm³/mol. The molecule has 0 atom stereocenters. The van der Waals surface area contributed by atoms with Gasteiger partial charge >= 0.3 is 0 Å². The van der Waals surface area contributed by atoms with Crippen LogP contribution >= 0.6 is 11.3 Å². The summed E-state index contributed by atoms with van der Waals surface area (Å²) < 4.78 is 10.7. The van der Waals surface area contributed by atoms with Crippen LogP contribution in [0.4, 0.5) is 10.8 Å². The maximum Gasteiger partial charge on any atom is 0.271 e. The first kappa shape index (κ1) is 19.3. The van der Waals surface area contributed by atoms with Crippen LogP contribution in [-0.4, -0.2) is 44.2 Å². The molecule has 3 heterocycles. The summed E-state index contributed by atoms with van der Waals surface area (Å²) in [6.07, 6.45) is 0. The molecule has 4 rings (SSSR count). The quantitative estimate of drug-likeness (QED) is 0.670. The predicted octanol–water partition coefficient (Wildman–Crippen LogP) is 3.31. The summed E-state index contributed by atoms with van der Waals surface area (Å²) in [5.74, 6) is 2.25. The molecule has 1 fully saturated rings. The van der Waals surface area contributed by atoms with Crippen LogP contribution in [0.1, 0.15) is 22.0 Å². The number of nitrogens with zero attached hydrogens (tertiary/aromatic N) is 3. The lowest BCUT2D eigenvalue weighted by Gasteiger charge is -2.36. The van der Waals surface area contributed by atoms with Crippen molar-refractivity contribution >= 4 is 28.1 Å². The molecule has 1 amide bonds. The topological polar surface area (TPSA) is 70.8 Å². The zero-order valence-electron chi connectivity index (χ0n) is 16.6. The average molecular weight is 413 g/mol. The number of benzene rings is 1. The standard InChI is InChI=1S/C21H24N4O3S/c1-15-3-6-18(28-15)13-22-20(26)19-14-29-21(23-19)25-11-9-24(10-12-25)16-4-7-17(27-2)8-5-16/h3-8,14H,9-13H2,1-2H3,(H,22,26). The molecule has 0 aliphatic carbocycles. The number of aromatic nitrogens is 1. The number of anilines is 2. The molecule has 0 radical (unpaired) electrons. The minimum atomic E-state index is -0.182. The number of nitrogens with one attached hydrogen (secondary N) is 1. The number of rotatable bonds is 6. The Hall–Kier alpha value is -3.00. The van der Waals surface area contributed by atoms with E-state index < -0.39 is 0 Å². The molecule has 1 saturated heterocycles. The van der Waals surface area contributed by atoms with Gasteiger partial charge in [-0.25, -0.2) is 4.98 Å². The van der Waals surface area contributed by atoms with Crippen molar-refractivity contribution in [3.05, 3.63) is 59.0 Å². The Morgan fingerprint density at radius 2 is 1.86 bits per heavy atom. The van der Waals surface area contributed by atoms with Crippen LogP contribution < -0.4 is 19.9 Å². The highest BCUT2D eigenvalue weighted by molar-refractivity contribution is 7.13. The van der Waals surface area contributed by atoms with E-state index in [2.05, 4.69) is 32.2 Å². The van der Waals surface area contributed by atoms with Crippen molar-refractivity contribution in [1.82, 2.24) is 10.3 Å². The Morgan fingerprint density at radius 3 is 2.52 bits per heavy atom. The highest BCUT2D eigenvalue weighted by Gasteiger charge is 2.21. The normalized spacial score (nSPS) is 14.1. The van der Waals surface area contributed by atoms with Crippen molar-refractivity contribution in [1.29, 1.82) is 0 Å².